The summed E-state index contributed by atoms with van der Waals surface area (Å²) in [6, 6.07) is 7.52. The van der Waals surface area contributed by atoms with Crippen molar-refractivity contribution >= 4 is 22.8 Å². The number of carbonyl (C=O) groups is 1. The van der Waals surface area contributed by atoms with Gasteiger partial charge in [0.1, 0.15) is 0 Å². The fraction of sp³-hybridized carbons (Fsp3) is 0.0909. The standard InChI is InChI=1S/C11H10N6O2/c1-19-11-13-10(16-17-11)12-9(18)8-6-4-2-3-5-7(6)14-15-8/h2-5H,1H3,(H,14,15)(H2,12,13,16,17,18). The summed E-state index contributed by atoms with van der Waals surface area (Å²) in [4.78, 5) is 16.0. The molecule has 0 aliphatic rings. The third kappa shape index (κ3) is 1.99. The predicted molar refractivity (Wildman–Crippen MR) is 67.0 cm³/mol. The van der Waals surface area contributed by atoms with Crippen LogP contribution in [0.2, 0.25) is 0 Å². The molecule has 0 unspecified atom stereocenters. The number of fused-ring (bicyclic) bond motifs is 1. The summed E-state index contributed by atoms with van der Waals surface area (Å²) in [5.41, 5.74) is 1.09. The molecule has 0 saturated carbocycles. The zero-order chi connectivity index (χ0) is 13.2. The van der Waals surface area contributed by atoms with Gasteiger partial charge in [0.2, 0.25) is 5.95 Å². The molecule has 96 valence electrons. The summed E-state index contributed by atoms with van der Waals surface area (Å²) in [6.45, 7) is 0. The van der Waals surface area contributed by atoms with Crippen molar-refractivity contribution in [3.05, 3.63) is 30.0 Å². The molecule has 8 heteroatoms. The van der Waals surface area contributed by atoms with Crippen LogP contribution in [0.25, 0.3) is 10.9 Å². The Morgan fingerprint density at radius 1 is 1.26 bits per heavy atom. The van der Waals surface area contributed by atoms with Crippen LogP contribution in [0.5, 0.6) is 6.01 Å². The summed E-state index contributed by atoms with van der Waals surface area (Å²) in [6.07, 6.45) is 0. The first-order valence-electron chi connectivity index (χ1n) is 5.49. The van der Waals surface area contributed by atoms with Crippen molar-refractivity contribution in [3.63, 3.8) is 0 Å². The second-order valence-corrected chi connectivity index (χ2v) is 3.74. The van der Waals surface area contributed by atoms with Gasteiger partial charge in [-0.2, -0.15) is 10.1 Å². The highest BCUT2D eigenvalue weighted by atomic mass is 16.5. The first-order valence-corrected chi connectivity index (χ1v) is 5.49. The lowest BCUT2D eigenvalue weighted by molar-refractivity contribution is 0.102. The Labute approximate surface area is 107 Å². The Morgan fingerprint density at radius 2 is 2.11 bits per heavy atom. The number of aromatic nitrogens is 5. The van der Waals surface area contributed by atoms with Crippen LogP contribution in [-0.4, -0.2) is 38.4 Å². The number of H-pyrrole nitrogens is 2. The molecule has 0 fully saturated rings. The van der Waals surface area contributed by atoms with E-state index in [1.54, 1.807) is 0 Å². The monoisotopic (exact) mass is 258 g/mol. The molecule has 0 aliphatic heterocycles. The van der Waals surface area contributed by atoms with E-state index in [-0.39, 0.29) is 17.9 Å². The van der Waals surface area contributed by atoms with Crippen LogP contribution in [0.15, 0.2) is 24.3 Å². The first-order chi connectivity index (χ1) is 9.28. The lowest BCUT2D eigenvalue weighted by atomic mass is 10.2. The van der Waals surface area contributed by atoms with Crippen LogP contribution >= 0.6 is 0 Å². The summed E-state index contributed by atoms with van der Waals surface area (Å²) in [7, 11) is 1.44. The molecule has 0 bridgehead atoms. The zero-order valence-electron chi connectivity index (χ0n) is 9.97. The molecule has 8 nitrogen and oxygen atoms in total. The Balaban J connectivity index is 1.87. The van der Waals surface area contributed by atoms with Gasteiger partial charge in [0.15, 0.2) is 5.69 Å². The molecule has 2 aromatic heterocycles. The lowest BCUT2D eigenvalue weighted by Crippen LogP contribution is -2.13. The molecule has 0 radical (unpaired) electrons. The average molecular weight is 258 g/mol. The van der Waals surface area contributed by atoms with Crippen molar-refractivity contribution < 1.29 is 9.53 Å². The van der Waals surface area contributed by atoms with E-state index in [9.17, 15) is 4.79 Å². The quantitative estimate of drug-likeness (QED) is 0.647. The van der Waals surface area contributed by atoms with Gasteiger partial charge in [-0.05, 0) is 6.07 Å². The van der Waals surface area contributed by atoms with Crippen molar-refractivity contribution in [2.75, 3.05) is 12.4 Å². The van der Waals surface area contributed by atoms with Gasteiger partial charge in [0.25, 0.3) is 5.91 Å². The first kappa shape index (κ1) is 11.2. The summed E-state index contributed by atoms with van der Waals surface area (Å²) >= 11 is 0. The fourth-order valence-corrected chi connectivity index (χ4v) is 1.70. The number of methoxy groups -OCH3 is 1. The highest BCUT2D eigenvalue weighted by Gasteiger charge is 2.15. The molecule has 1 amide bonds. The highest BCUT2D eigenvalue weighted by Crippen LogP contribution is 2.16. The number of carbonyl (C=O) groups excluding carboxylic acids is 1. The van der Waals surface area contributed by atoms with Crippen LogP contribution in [-0.2, 0) is 0 Å². The van der Waals surface area contributed by atoms with Crippen molar-refractivity contribution in [2.45, 2.75) is 0 Å². The predicted octanol–water partition coefficient (Wildman–Crippen LogP) is 0.942. The number of hydrogen-bond acceptors (Lipinski definition) is 5. The maximum atomic E-state index is 12.1. The SMILES string of the molecule is COc1n[nH]c(NC(=O)c2n[nH]c3ccccc23)n1. The molecule has 3 N–H and O–H groups in total. The van der Waals surface area contributed by atoms with E-state index in [0.29, 0.717) is 5.69 Å². The minimum absolute atomic E-state index is 0.155. The van der Waals surface area contributed by atoms with E-state index in [0.717, 1.165) is 10.9 Å². The second-order valence-electron chi connectivity index (χ2n) is 3.74. The van der Waals surface area contributed by atoms with E-state index < -0.39 is 0 Å². The number of amides is 1. The Bertz CT molecular complexity index is 731. The molecule has 19 heavy (non-hydrogen) atoms. The van der Waals surface area contributed by atoms with Crippen molar-refractivity contribution in [2.24, 2.45) is 0 Å². The minimum Gasteiger partial charge on any atom is -0.466 e. The van der Waals surface area contributed by atoms with E-state index >= 15 is 0 Å². The number of nitrogens with one attached hydrogen (secondary N) is 3. The number of nitrogens with zero attached hydrogens (tertiary/aromatic N) is 3. The zero-order valence-corrected chi connectivity index (χ0v) is 9.97. The number of hydrogen-bond donors (Lipinski definition) is 3. The van der Waals surface area contributed by atoms with E-state index in [1.165, 1.54) is 7.11 Å². The number of rotatable bonds is 3. The van der Waals surface area contributed by atoms with E-state index in [4.69, 9.17) is 4.74 Å². The van der Waals surface area contributed by atoms with Crippen LogP contribution in [0.1, 0.15) is 10.5 Å². The van der Waals surface area contributed by atoms with Gasteiger partial charge in [-0.1, -0.05) is 18.2 Å². The van der Waals surface area contributed by atoms with Crippen LogP contribution in [0.4, 0.5) is 5.95 Å². The van der Waals surface area contributed by atoms with E-state index in [1.807, 2.05) is 24.3 Å². The third-order valence-corrected chi connectivity index (χ3v) is 2.56. The molecule has 0 spiro atoms. The van der Waals surface area contributed by atoms with Crippen LogP contribution < -0.4 is 10.1 Å². The molecule has 3 aromatic rings. The number of ether oxygens (including phenoxy) is 1. The molecule has 0 saturated heterocycles. The normalized spacial score (nSPS) is 10.6. The molecule has 0 atom stereocenters. The second kappa shape index (κ2) is 4.41. The van der Waals surface area contributed by atoms with Gasteiger partial charge >= 0.3 is 6.01 Å². The number of benzene rings is 1. The number of para-hydroxylation sites is 1. The number of aromatic amines is 2. The molecule has 3 rings (SSSR count). The third-order valence-electron chi connectivity index (χ3n) is 2.56. The van der Waals surface area contributed by atoms with Gasteiger partial charge in [-0.3, -0.25) is 15.2 Å². The molecule has 2 heterocycles. The Morgan fingerprint density at radius 3 is 2.89 bits per heavy atom. The molecular weight excluding hydrogens is 248 g/mol. The summed E-state index contributed by atoms with van der Waals surface area (Å²) < 4.78 is 4.81. The van der Waals surface area contributed by atoms with E-state index in [2.05, 4.69) is 30.7 Å². The average Bonchev–Trinajstić information content (AvgIpc) is 3.04. The largest absolute Gasteiger partial charge is 0.466 e. The van der Waals surface area contributed by atoms with Gasteiger partial charge in [0.05, 0.1) is 12.6 Å². The van der Waals surface area contributed by atoms with Crippen LogP contribution in [0, 0.1) is 0 Å². The molecular formula is C11H10N6O2. The highest BCUT2D eigenvalue weighted by molar-refractivity contribution is 6.10. The molecule has 1 aromatic carbocycles. The fourth-order valence-electron chi connectivity index (χ4n) is 1.70. The Hall–Kier alpha value is -2.90. The minimum atomic E-state index is -0.378. The Kier molecular flexibility index (Phi) is 2.60. The van der Waals surface area contributed by atoms with Gasteiger partial charge in [-0.25, -0.2) is 5.10 Å². The van der Waals surface area contributed by atoms with Crippen molar-refractivity contribution in [3.8, 4) is 6.01 Å². The summed E-state index contributed by atoms with van der Waals surface area (Å²) in [5.74, 6) is -0.176. The van der Waals surface area contributed by atoms with Gasteiger partial charge < -0.3 is 4.74 Å². The topological polar surface area (TPSA) is 109 Å². The van der Waals surface area contributed by atoms with Gasteiger partial charge in [-0.15, -0.1) is 5.10 Å². The number of anilines is 1. The smallest absolute Gasteiger partial charge is 0.336 e. The molecule has 0 aliphatic carbocycles. The maximum Gasteiger partial charge on any atom is 0.336 e. The van der Waals surface area contributed by atoms with Gasteiger partial charge in [0, 0.05) is 5.39 Å². The lowest BCUT2D eigenvalue weighted by Gasteiger charge is -1.97. The summed E-state index contributed by atoms with van der Waals surface area (Å²) in [5, 5.41) is 16.4. The maximum absolute atomic E-state index is 12.1. The van der Waals surface area contributed by atoms with Crippen molar-refractivity contribution in [1.29, 1.82) is 0 Å². The van der Waals surface area contributed by atoms with Crippen molar-refractivity contribution in [1.82, 2.24) is 25.4 Å². The van der Waals surface area contributed by atoms with Crippen LogP contribution in [0.3, 0.4) is 0 Å².